The molecule has 1 aliphatic heterocycles. The highest BCUT2D eigenvalue weighted by molar-refractivity contribution is 8.03. The van der Waals surface area contributed by atoms with E-state index in [0.29, 0.717) is 17.5 Å². The van der Waals surface area contributed by atoms with E-state index in [4.69, 9.17) is 0 Å². The van der Waals surface area contributed by atoms with Crippen LogP contribution in [0.3, 0.4) is 0 Å². The number of aliphatic hydroxyl groups excluding tert-OH is 1. The number of hydrogen-bond donors (Lipinski definition) is 1. The molecule has 2 atom stereocenters. The average molecular weight is 323 g/mol. The lowest BCUT2D eigenvalue weighted by Gasteiger charge is -2.10. The van der Waals surface area contributed by atoms with Gasteiger partial charge in [-0.25, -0.2) is 0 Å². The molecule has 0 bridgehead atoms. The van der Waals surface area contributed by atoms with Gasteiger partial charge < -0.3 is 9.84 Å². The summed E-state index contributed by atoms with van der Waals surface area (Å²) >= 11 is 1.50. The van der Waals surface area contributed by atoms with Crippen molar-refractivity contribution in [2.24, 2.45) is 0 Å². The van der Waals surface area contributed by atoms with Crippen LogP contribution >= 0.6 is 11.8 Å². The zero-order valence-corrected chi connectivity index (χ0v) is 13.1. The number of nitro groups is 1. The molecular formula is C15H17NO5S. The van der Waals surface area contributed by atoms with E-state index in [9.17, 15) is 20.0 Å². The Kier molecular flexibility index (Phi) is 5.20. The van der Waals surface area contributed by atoms with Crippen LogP contribution in [0.2, 0.25) is 0 Å². The van der Waals surface area contributed by atoms with Crippen LogP contribution in [0.25, 0.3) is 6.08 Å². The van der Waals surface area contributed by atoms with Crippen molar-refractivity contribution in [3.63, 3.8) is 0 Å². The molecule has 1 saturated heterocycles. The fourth-order valence-electron chi connectivity index (χ4n) is 2.24. The third-order valence-electron chi connectivity index (χ3n) is 3.59. The number of nitrogens with zero attached hydrogens (tertiary/aromatic N) is 1. The Morgan fingerprint density at radius 3 is 2.86 bits per heavy atom. The van der Waals surface area contributed by atoms with Crippen LogP contribution in [0.4, 0.5) is 5.69 Å². The van der Waals surface area contributed by atoms with Gasteiger partial charge in [-0.15, -0.1) is 11.8 Å². The predicted octanol–water partition coefficient (Wildman–Crippen LogP) is 2.71. The number of benzene rings is 1. The highest BCUT2D eigenvalue weighted by Gasteiger charge is 2.23. The molecule has 118 valence electrons. The van der Waals surface area contributed by atoms with Crippen LogP contribution in [-0.2, 0) is 9.53 Å². The molecule has 0 radical (unpaired) electrons. The van der Waals surface area contributed by atoms with E-state index in [1.54, 1.807) is 25.1 Å². The maximum absolute atomic E-state index is 11.6. The van der Waals surface area contributed by atoms with Gasteiger partial charge in [0.1, 0.15) is 0 Å². The lowest BCUT2D eigenvalue weighted by molar-refractivity contribution is -0.385. The molecule has 1 N–H and O–H groups in total. The number of methoxy groups -OCH3 is 1. The molecule has 0 amide bonds. The number of aliphatic hydroxyl groups is 1. The zero-order valence-electron chi connectivity index (χ0n) is 12.3. The van der Waals surface area contributed by atoms with Gasteiger partial charge in [0, 0.05) is 16.7 Å². The minimum atomic E-state index is -0.572. The minimum Gasteiger partial charge on any atom is -0.469 e. The number of esters is 1. The number of thioether (sulfide) groups is 1. The quantitative estimate of drug-likeness (QED) is 0.520. The molecule has 22 heavy (non-hydrogen) atoms. The molecule has 1 heterocycles. The van der Waals surface area contributed by atoms with Crippen molar-refractivity contribution in [3.05, 3.63) is 44.3 Å². The molecule has 1 aromatic carbocycles. The summed E-state index contributed by atoms with van der Waals surface area (Å²) in [6.07, 6.45) is 1.74. The Morgan fingerprint density at radius 2 is 2.32 bits per heavy atom. The molecule has 1 aliphatic rings. The van der Waals surface area contributed by atoms with Crippen LogP contribution in [-0.4, -0.2) is 35.0 Å². The van der Waals surface area contributed by atoms with E-state index in [2.05, 4.69) is 4.74 Å². The Morgan fingerprint density at radius 1 is 1.59 bits per heavy atom. The fourth-order valence-corrected chi connectivity index (χ4v) is 3.34. The molecule has 6 nitrogen and oxygen atoms in total. The van der Waals surface area contributed by atoms with Gasteiger partial charge in [0.25, 0.3) is 5.69 Å². The van der Waals surface area contributed by atoms with Gasteiger partial charge in [-0.05, 0) is 31.1 Å². The molecule has 0 saturated carbocycles. The van der Waals surface area contributed by atoms with Gasteiger partial charge in [0.05, 0.1) is 29.6 Å². The second kappa shape index (κ2) is 6.93. The Balaban J connectivity index is 2.40. The van der Waals surface area contributed by atoms with Crippen molar-refractivity contribution in [1.29, 1.82) is 0 Å². The van der Waals surface area contributed by atoms with Crippen LogP contribution < -0.4 is 0 Å². The normalized spacial score (nSPS) is 20.9. The molecule has 2 unspecified atom stereocenters. The average Bonchev–Trinajstić information content (AvgIpc) is 2.91. The first-order valence-electron chi connectivity index (χ1n) is 6.82. The molecule has 0 spiro atoms. The maximum atomic E-state index is 11.6. The number of hydrogen-bond acceptors (Lipinski definition) is 6. The van der Waals surface area contributed by atoms with E-state index in [1.807, 2.05) is 0 Å². The Labute approximate surface area is 132 Å². The maximum Gasteiger partial charge on any atom is 0.312 e. The van der Waals surface area contributed by atoms with E-state index < -0.39 is 22.9 Å². The SMILES string of the molecule is COC(=O)C(C)c1ccc(/C=C2\SCCC2O)c([N+](=O)[O-])c1. The van der Waals surface area contributed by atoms with Gasteiger partial charge in [-0.3, -0.25) is 14.9 Å². The van der Waals surface area contributed by atoms with Crippen LogP contribution in [0, 0.1) is 10.1 Å². The summed E-state index contributed by atoms with van der Waals surface area (Å²) in [6, 6.07) is 4.67. The monoisotopic (exact) mass is 323 g/mol. The molecule has 2 rings (SSSR count). The predicted molar refractivity (Wildman–Crippen MR) is 84.6 cm³/mol. The number of ether oxygens (including phenoxy) is 1. The van der Waals surface area contributed by atoms with Crippen molar-refractivity contribution in [2.75, 3.05) is 12.9 Å². The summed E-state index contributed by atoms with van der Waals surface area (Å²) < 4.78 is 4.66. The minimum absolute atomic E-state index is 0.0829. The van der Waals surface area contributed by atoms with Crippen molar-refractivity contribution in [3.8, 4) is 0 Å². The highest BCUT2D eigenvalue weighted by atomic mass is 32.2. The van der Waals surface area contributed by atoms with E-state index >= 15 is 0 Å². The van der Waals surface area contributed by atoms with Gasteiger partial charge >= 0.3 is 5.97 Å². The van der Waals surface area contributed by atoms with Gasteiger partial charge in [-0.2, -0.15) is 0 Å². The smallest absolute Gasteiger partial charge is 0.312 e. The molecular weight excluding hydrogens is 306 g/mol. The first-order chi connectivity index (χ1) is 10.4. The molecule has 7 heteroatoms. The zero-order chi connectivity index (χ0) is 16.3. The Bertz CT molecular complexity index is 628. The van der Waals surface area contributed by atoms with E-state index in [0.717, 1.165) is 10.7 Å². The van der Waals surface area contributed by atoms with Gasteiger partial charge in [-0.1, -0.05) is 6.07 Å². The largest absolute Gasteiger partial charge is 0.469 e. The number of rotatable bonds is 4. The molecule has 1 fully saturated rings. The molecule has 0 aliphatic carbocycles. The third-order valence-corrected chi connectivity index (χ3v) is 4.76. The third kappa shape index (κ3) is 3.48. The second-order valence-corrected chi connectivity index (χ2v) is 6.19. The first kappa shape index (κ1) is 16.5. The topological polar surface area (TPSA) is 89.7 Å². The number of carbonyl (C=O) groups excluding carboxylic acids is 1. The van der Waals surface area contributed by atoms with Crippen molar-refractivity contribution in [2.45, 2.75) is 25.4 Å². The second-order valence-electron chi connectivity index (χ2n) is 5.02. The lowest BCUT2D eigenvalue weighted by atomic mass is 9.98. The van der Waals surface area contributed by atoms with Crippen LogP contribution in [0.1, 0.15) is 30.4 Å². The molecule has 1 aromatic rings. The van der Waals surface area contributed by atoms with E-state index in [1.165, 1.54) is 24.9 Å². The summed E-state index contributed by atoms with van der Waals surface area (Å²) in [6.45, 7) is 1.64. The summed E-state index contributed by atoms with van der Waals surface area (Å²) in [5.41, 5.74) is 0.870. The lowest BCUT2D eigenvalue weighted by Crippen LogP contribution is -2.11. The van der Waals surface area contributed by atoms with Crippen LogP contribution in [0.15, 0.2) is 23.1 Å². The highest BCUT2D eigenvalue weighted by Crippen LogP contribution is 2.35. The summed E-state index contributed by atoms with van der Waals surface area (Å²) in [4.78, 5) is 23.1. The standard InChI is InChI=1S/C15H17NO5S/c1-9(15(18)21-2)10-3-4-11(12(7-10)16(19)20)8-14-13(17)5-6-22-14/h3-4,7-9,13,17H,5-6H2,1-2H3/b14-8-. The first-order valence-corrected chi connectivity index (χ1v) is 7.81. The summed E-state index contributed by atoms with van der Waals surface area (Å²) in [5.74, 6) is -0.211. The van der Waals surface area contributed by atoms with Crippen LogP contribution in [0.5, 0.6) is 0 Å². The summed E-state index contributed by atoms with van der Waals surface area (Å²) in [5, 5.41) is 21.1. The Hall–Kier alpha value is -1.86. The summed E-state index contributed by atoms with van der Waals surface area (Å²) in [7, 11) is 1.28. The van der Waals surface area contributed by atoms with Gasteiger partial charge in [0.2, 0.25) is 0 Å². The van der Waals surface area contributed by atoms with Crippen molar-refractivity contribution < 1.29 is 19.6 Å². The van der Waals surface area contributed by atoms with Crippen molar-refractivity contribution >= 4 is 29.5 Å². The number of nitro benzene ring substituents is 1. The van der Waals surface area contributed by atoms with E-state index in [-0.39, 0.29) is 5.69 Å². The number of carbonyl (C=O) groups is 1. The van der Waals surface area contributed by atoms with Gasteiger partial charge in [0.15, 0.2) is 0 Å². The fraction of sp³-hybridized carbons (Fsp3) is 0.400. The molecule has 0 aromatic heterocycles. The van der Waals surface area contributed by atoms with Crippen molar-refractivity contribution in [1.82, 2.24) is 0 Å².